The van der Waals surface area contributed by atoms with E-state index in [0.717, 1.165) is 35.7 Å². The smallest absolute Gasteiger partial charge is 0.0661 e. The number of nitrogens with one attached hydrogen (secondary N) is 1. The minimum absolute atomic E-state index is 0.145. The van der Waals surface area contributed by atoms with E-state index in [1.807, 2.05) is 18.2 Å². The van der Waals surface area contributed by atoms with Gasteiger partial charge in [0.05, 0.1) is 12.1 Å². The van der Waals surface area contributed by atoms with Crippen molar-refractivity contribution in [3.05, 3.63) is 23.8 Å². The number of aliphatic hydroxyl groups excluding tert-OH is 1. The van der Waals surface area contributed by atoms with Crippen molar-refractivity contribution in [1.82, 2.24) is 0 Å². The molecule has 4 N–H and O–H groups in total. The third kappa shape index (κ3) is 2.78. The van der Waals surface area contributed by atoms with Gasteiger partial charge >= 0.3 is 0 Å². The zero-order valence-electron chi connectivity index (χ0n) is 11.4. The number of aliphatic hydroxyl groups is 1. The molecule has 0 atom stereocenters. The first-order valence-corrected chi connectivity index (χ1v) is 6.80. The molecule has 1 aliphatic rings. The quantitative estimate of drug-likeness (QED) is 0.721. The van der Waals surface area contributed by atoms with E-state index in [4.69, 9.17) is 5.73 Å². The summed E-state index contributed by atoms with van der Waals surface area (Å²) in [6.07, 6.45) is 4.44. The summed E-state index contributed by atoms with van der Waals surface area (Å²) < 4.78 is 0. The van der Waals surface area contributed by atoms with Gasteiger partial charge in [0, 0.05) is 11.4 Å². The Morgan fingerprint density at radius 2 is 2.06 bits per heavy atom. The Bertz CT molecular complexity index is 409. The van der Waals surface area contributed by atoms with Crippen LogP contribution in [0.4, 0.5) is 11.4 Å². The van der Waals surface area contributed by atoms with Crippen LogP contribution in [-0.4, -0.2) is 17.3 Å². The summed E-state index contributed by atoms with van der Waals surface area (Å²) in [6, 6.07) is 5.89. The number of nitrogens with two attached hydrogens (primary N) is 1. The molecule has 1 aromatic rings. The molecular formula is C15H24N2O. The van der Waals surface area contributed by atoms with Gasteiger partial charge in [-0.05, 0) is 62.3 Å². The van der Waals surface area contributed by atoms with Gasteiger partial charge in [-0.1, -0.05) is 6.92 Å². The fraction of sp³-hybridized carbons (Fsp3) is 0.600. The Kier molecular flexibility index (Phi) is 3.81. The highest BCUT2D eigenvalue weighted by molar-refractivity contribution is 5.58. The molecule has 0 amide bonds. The number of rotatable bonds is 3. The summed E-state index contributed by atoms with van der Waals surface area (Å²) in [5.74, 6) is 0.777. The van der Waals surface area contributed by atoms with Crippen molar-refractivity contribution in [3.63, 3.8) is 0 Å². The number of hydrogen-bond acceptors (Lipinski definition) is 3. The number of aryl methyl sites for hydroxylation is 1. The third-order valence-corrected chi connectivity index (χ3v) is 4.18. The van der Waals surface area contributed by atoms with E-state index in [9.17, 15) is 5.11 Å². The lowest BCUT2D eigenvalue weighted by atomic mass is 9.77. The molecule has 0 radical (unpaired) electrons. The standard InChI is InChI=1S/C15H24N2O/c1-11-5-7-15(10-18,8-6-11)17-14-4-3-13(16)9-12(14)2/h3-4,9,11,17-18H,5-8,10,16H2,1-2H3. The molecule has 0 aliphatic heterocycles. The number of benzene rings is 1. The van der Waals surface area contributed by atoms with Crippen molar-refractivity contribution in [2.45, 2.75) is 45.1 Å². The average Bonchev–Trinajstić information content (AvgIpc) is 2.36. The first-order valence-electron chi connectivity index (χ1n) is 6.80. The minimum atomic E-state index is -0.145. The lowest BCUT2D eigenvalue weighted by Crippen LogP contribution is -2.45. The highest BCUT2D eigenvalue weighted by Gasteiger charge is 2.33. The molecule has 1 aliphatic carbocycles. The molecule has 0 unspecified atom stereocenters. The van der Waals surface area contributed by atoms with Crippen LogP contribution >= 0.6 is 0 Å². The molecule has 0 heterocycles. The number of nitrogen functional groups attached to an aromatic ring is 1. The second kappa shape index (κ2) is 5.19. The Hall–Kier alpha value is -1.22. The predicted molar refractivity (Wildman–Crippen MR) is 76.7 cm³/mol. The second-order valence-electron chi connectivity index (χ2n) is 5.82. The molecule has 0 spiro atoms. The topological polar surface area (TPSA) is 58.3 Å². The zero-order chi connectivity index (χ0) is 13.2. The van der Waals surface area contributed by atoms with Crippen molar-refractivity contribution in [2.75, 3.05) is 17.7 Å². The van der Waals surface area contributed by atoms with Crippen LogP contribution in [0.2, 0.25) is 0 Å². The maximum absolute atomic E-state index is 9.75. The Balaban J connectivity index is 2.15. The van der Waals surface area contributed by atoms with Crippen molar-refractivity contribution in [1.29, 1.82) is 0 Å². The molecule has 100 valence electrons. The Morgan fingerprint density at radius 3 is 2.61 bits per heavy atom. The van der Waals surface area contributed by atoms with Crippen molar-refractivity contribution >= 4 is 11.4 Å². The van der Waals surface area contributed by atoms with Gasteiger partial charge in [-0.25, -0.2) is 0 Å². The average molecular weight is 248 g/mol. The Labute approximate surface area is 109 Å². The van der Waals surface area contributed by atoms with E-state index in [2.05, 4.69) is 19.2 Å². The molecule has 0 saturated heterocycles. The molecule has 3 nitrogen and oxygen atoms in total. The Morgan fingerprint density at radius 1 is 1.39 bits per heavy atom. The van der Waals surface area contributed by atoms with Gasteiger partial charge in [-0.15, -0.1) is 0 Å². The van der Waals surface area contributed by atoms with Gasteiger partial charge < -0.3 is 16.2 Å². The van der Waals surface area contributed by atoms with Crippen LogP contribution in [0, 0.1) is 12.8 Å². The normalized spacial score (nSPS) is 28.1. The summed E-state index contributed by atoms with van der Waals surface area (Å²) in [5.41, 5.74) is 8.64. The molecule has 0 bridgehead atoms. The second-order valence-corrected chi connectivity index (χ2v) is 5.82. The van der Waals surface area contributed by atoms with Crippen LogP contribution in [0.25, 0.3) is 0 Å². The van der Waals surface area contributed by atoms with Gasteiger partial charge in [0.2, 0.25) is 0 Å². The van der Waals surface area contributed by atoms with E-state index in [1.54, 1.807) is 0 Å². The van der Waals surface area contributed by atoms with Crippen LogP contribution in [0.5, 0.6) is 0 Å². The van der Waals surface area contributed by atoms with Crippen molar-refractivity contribution < 1.29 is 5.11 Å². The van der Waals surface area contributed by atoms with Gasteiger partial charge in [0.1, 0.15) is 0 Å². The van der Waals surface area contributed by atoms with E-state index in [-0.39, 0.29) is 12.1 Å². The first-order chi connectivity index (χ1) is 8.54. The van der Waals surface area contributed by atoms with Gasteiger partial charge in [0.15, 0.2) is 0 Å². The highest BCUT2D eigenvalue weighted by atomic mass is 16.3. The molecule has 0 aromatic heterocycles. The van der Waals surface area contributed by atoms with E-state index in [0.29, 0.717) is 0 Å². The molecule has 1 fully saturated rings. The van der Waals surface area contributed by atoms with Crippen molar-refractivity contribution in [3.8, 4) is 0 Å². The van der Waals surface area contributed by atoms with Crippen molar-refractivity contribution in [2.24, 2.45) is 5.92 Å². The lowest BCUT2D eigenvalue weighted by molar-refractivity contribution is 0.155. The van der Waals surface area contributed by atoms with Crippen LogP contribution < -0.4 is 11.1 Å². The fourth-order valence-electron chi connectivity index (χ4n) is 2.75. The third-order valence-electron chi connectivity index (χ3n) is 4.18. The van der Waals surface area contributed by atoms with Gasteiger partial charge in [-0.2, -0.15) is 0 Å². The molecule has 3 heteroatoms. The predicted octanol–water partition coefficient (Wildman–Crippen LogP) is 2.93. The van der Waals surface area contributed by atoms with Crippen LogP contribution in [0.15, 0.2) is 18.2 Å². The largest absolute Gasteiger partial charge is 0.399 e. The summed E-state index contributed by atoms with van der Waals surface area (Å²) in [5, 5.41) is 13.3. The zero-order valence-corrected chi connectivity index (χ0v) is 11.4. The number of hydrogen-bond donors (Lipinski definition) is 3. The fourth-order valence-corrected chi connectivity index (χ4v) is 2.75. The highest BCUT2D eigenvalue weighted by Crippen LogP contribution is 2.35. The lowest BCUT2D eigenvalue weighted by Gasteiger charge is -2.40. The van der Waals surface area contributed by atoms with Crippen LogP contribution in [0.3, 0.4) is 0 Å². The summed E-state index contributed by atoms with van der Waals surface area (Å²) in [7, 11) is 0. The van der Waals surface area contributed by atoms with Gasteiger partial charge in [0.25, 0.3) is 0 Å². The van der Waals surface area contributed by atoms with E-state index < -0.39 is 0 Å². The summed E-state index contributed by atoms with van der Waals surface area (Å²) in [6.45, 7) is 4.54. The van der Waals surface area contributed by atoms with E-state index >= 15 is 0 Å². The first kappa shape index (κ1) is 13.2. The SMILES string of the molecule is Cc1cc(N)ccc1NC1(CO)CCC(C)CC1. The van der Waals surface area contributed by atoms with E-state index in [1.165, 1.54) is 12.8 Å². The molecule has 2 rings (SSSR count). The molecule has 1 aromatic carbocycles. The maximum atomic E-state index is 9.75. The summed E-state index contributed by atoms with van der Waals surface area (Å²) in [4.78, 5) is 0. The minimum Gasteiger partial charge on any atom is -0.399 e. The monoisotopic (exact) mass is 248 g/mol. The molecule has 1 saturated carbocycles. The molecular weight excluding hydrogens is 224 g/mol. The van der Waals surface area contributed by atoms with Crippen LogP contribution in [-0.2, 0) is 0 Å². The van der Waals surface area contributed by atoms with Crippen LogP contribution in [0.1, 0.15) is 38.2 Å². The summed E-state index contributed by atoms with van der Waals surface area (Å²) >= 11 is 0. The molecule has 18 heavy (non-hydrogen) atoms. The van der Waals surface area contributed by atoms with Gasteiger partial charge in [-0.3, -0.25) is 0 Å². The maximum Gasteiger partial charge on any atom is 0.0661 e. The number of anilines is 2.